The molecule has 0 radical (unpaired) electrons. The third-order valence-corrected chi connectivity index (χ3v) is 4.13. The Hall–Kier alpha value is -1.37. The molecular formula is C16H25F3N2O2. The zero-order valence-electron chi connectivity index (χ0n) is 13.8. The maximum Gasteiger partial charge on any atom is 0.403 e. The molecule has 132 valence electrons. The molecule has 0 spiro atoms. The summed E-state index contributed by atoms with van der Waals surface area (Å²) in [6.45, 7) is 5.77. The second-order valence-corrected chi connectivity index (χ2v) is 6.30. The van der Waals surface area contributed by atoms with E-state index in [-0.39, 0.29) is 36.7 Å². The molecule has 1 rings (SSSR count). The van der Waals surface area contributed by atoms with Crippen molar-refractivity contribution in [3.8, 4) is 0 Å². The highest BCUT2D eigenvalue weighted by Gasteiger charge is 2.39. The fourth-order valence-electron chi connectivity index (χ4n) is 2.30. The minimum absolute atomic E-state index is 0.000697. The van der Waals surface area contributed by atoms with E-state index >= 15 is 0 Å². The Bertz CT molecular complexity index is 429. The second kappa shape index (κ2) is 8.47. The second-order valence-electron chi connectivity index (χ2n) is 6.30. The van der Waals surface area contributed by atoms with E-state index in [0.717, 1.165) is 4.90 Å². The Morgan fingerprint density at radius 3 is 2.09 bits per heavy atom. The summed E-state index contributed by atoms with van der Waals surface area (Å²) in [5, 5.41) is 2.65. The normalized spacial score (nSPS) is 18.1. The fourth-order valence-corrected chi connectivity index (χ4v) is 2.30. The largest absolute Gasteiger partial charge is 0.403 e. The topological polar surface area (TPSA) is 49.4 Å². The maximum atomic E-state index is 13.0. The van der Waals surface area contributed by atoms with Gasteiger partial charge in [0.05, 0.1) is 0 Å². The highest BCUT2D eigenvalue weighted by molar-refractivity contribution is 6.12. The lowest BCUT2D eigenvalue weighted by Gasteiger charge is -2.27. The van der Waals surface area contributed by atoms with E-state index in [0.29, 0.717) is 19.3 Å². The quantitative estimate of drug-likeness (QED) is 0.521. The number of amides is 2. The summed E-state index contributed by atoms with van der Waals surface area (Å²) in [6.07, 6.45) is -0.399. The van der Waals surface area contributed by atoms with Gasteiger partial charge in [0.15, 0.2) is 0 Å². The average Bonchev–Trinajstić information content (AvgIpc) is 2.75. The van der Waals surface area contributed by atoms with Crippen molar-refractivity contribution in [1.29, 1.82) is 0 Å². The zero-order valence-corrected chi connectivity index (χ0v) is 13.8. The van der Waals surface area contributed by atoms with Crippen LogP contribution in [0.2, 0.25) is 0 Å². The van der Waals surface area contributed by atoms with E-state index in [4.69, 9.17) is 0 Å². The third-order valence-electron chi connectivity index (χ3n) is 4.13. The molecule has 23 heavy (non-hydrogen) atoms. The highest BCUT2D eigenvalue weighted by Crippen LogP contribution is 2.25. The van der Waals surface area contributed by atoms with Crippen LogP contribution in [0.25, 0.3) is 0 Å². The Labute approximate surface area is 135 Å². The molecule has 1 aliphatic rings. The molecule has 0 bridgehead atoms. The maximum absolute atomic E-state index is 13.0. The average molecular weight is 334 g/mol. The number of alkyl halides is 3. The monoisotopic (exact) mass is 334 g/mol. The predicted molar refractivity (Wildman–Crippen MR) is 81.6 cm³/mol. The van der Waals surface area contributed by atoms with Crippen molar-refractivity contribution >= 4 is 11.8 Å². The lowest BCUT2D eigenvalue weighted by atomic mass is 10.0. The SMILES string of the molecule is CC(C)C(C)NC(CCCCCN1C(=O)C=CC1=O)C(F)(F)F. The number of rotatable bonds is 9. The van der Waals surface area contributed by atoms with Gasteiger partial charge in [-0.2, -0.15) is 13.2 Å². The Morgan fingerprint density at radius 2 is 1.61 bits per heavy atom. The van der Waals surface area contributed by atoms with Gasteiger partial charge in [0.2, 0.25) is 0 Å². The van der Waals surface area contributed by atoms with Crippen LogP contribution in [0.15, 0.2) is 12.2 Å². The smallest absolute Gasteiger partial charge is 0.303 e. The minimum Gasteiger partial charge on any atom is -0.303 e. The first-order chi connectivity index (χ1) is 10.6. The summed E-state index contributed by atoms with van der Waals surface area (Å²) < 4.78 is 39.1. The first-order valence-corrected chi connectivity index (χ1v) is 7.99. The summed E-state index contributed by atoms with van der Waals surface area (Å²) in [7, 11) is 0. The fraction of sp³-hybridized carbons (Fsp3) is 0.750. The van der Waals surface area contributed by atoms with Gasteiger partial charge in [-0.25, -0.2) is 0 Å². The molecule has 2 unspecified atom stereocenters. The molecule has 7 heteroatoms. The highest BCUT2D eigenvalue weighted by atomic mass is 19.4. The number of carbonyl (C=O) groups is 2. The molecule has 0 saturated heterocycles. The van der Waals surface area contributed by atoms with Crippen molar-refractivity contribution < 1.29 is 22.8 Å². The van der Waals surface area contributed by atoms with Gasteiger partial charge in [-0.3, -0.25) is 14.5 Å². The summed E-state index contributed by atoms with van der Waals surface area (Å²) >= 11 is 0. The van der Waals surface area contributed by atoms with Gasteiger partial charge >= 0.3 is 6.18 Å². The summed E-state index contributed by atoms with van der Waals surface area (Å²) in [4.78, 5) is 23.8. The lowest BCUT2D eigenvalue weighted by Crippen LogP contribution is -2.48. The molecular weight excluding hydrogens is 309 g/mol. The molecule has 0 fully saturated rings. The number of unbranched alkanes of at least 4 members (excludes halogenated alkanes) is 2. The van der Waals surface area contributed by atoms with E-state index in [1.165, 1.54) is 12.2 Å². The van der Waals surface area contributed by atoms with Crippen LogP contribution >= 0.6 is 0 Å². The molecule has 1 N–H and O–H groups in total. The van der Waals surface area contributed by atoms with Crippen LogP contribution in [0.1, 0.15) is 46.5 Å². The van der Waals surface area contributed by atoms with E-state index < -0.39 is 12.2 Å². The first-order valence-electron chi connectivity index (χ1n) is 7.99. The molecule has 1 aliphatic heterocycles. The van der Waals surface area contributed by atoms with Crippen LogP contribution in [0, 0.1) is 5.92 Å². The molecule has 1 heterocycles. The van der Waals surface area contributed by atoms with Gasteiger partial charge in [-0.05, 0) is 25.7 Å². The molecule has 0 aromatic carbocycles. The van der Waals surface area contributed by atoms with Crippen molar-refractivity contribution in [2.24, 2.45) is 5.92 Å². The third kappa shape index (κ3) is 6.33. The summed E-state index contributed by atoms with van der Waals surface area (Å²) in [6, 6.07) is -1.73. The van der Waals surface area contributed by atoms with Gasteiger partial charge in [0, 0.05) is 24.7 Å². The van der Waals surface area contributed by atoms with Crippen molar-refractivity contribution in [3.63, 3.8) is 0 Å². The standard InChI is InChI=1S/C16H25F3N2O2/c1-11(2)12(3)20-13(16(17,18)19)7-5-4-6-10-21-14(22)8-9-15(21)23/h8-9,11-13,20H,4-7,10H2,1-3H3. The number of hydrogen-bond acceptors (Lipinski definition) is 3. The number of imide groups is 1. The van der Waals surface area contributed by atoms with Crippen LogP contribution in [-0.2, 0) is 9.59 Å². The van der Waals surface area contributed by atoms with Crippen LogP contribution in [0.5, 0.6) is 0 Å². The Balaban J connectivity index is 2.32. The van der Waals surface area contributed by atoms with Gasteiger partial charge in [0.25, 0.3) is 11.8 Å². The molecule has 0 aliphatic carbocycles. The molecule has 0 aromatic heterocycles. The number of carbonyl (C=O) groups excluding carboxylic acids is 2. The van der Waals surface area contributed by atoms with Crippen molar-refractivity contribution in [2.45, 2.75) is 64.7 Å². The van der Waals surface area contributed by atoms with Gasteiger partial charge in [-0.1, -0.05) is 26.7 Å². The number of nitrogens with one attached hydrogen (secondary N) is 1. The van der Waals surface area contributed by atoms with E-state index in [1.807, 2.05) is 13.8 Å². The van der Waals surface area contributed by atoms with Crippen LogP contribution in [-0.4, -0.2) is 41.5 Å². The summed E-state index contributed by atoms with van der Waals surface area (Å²) in [5.74, 6) is -0.578. The van der Waals surface area contributed by atoms with Crippen molar-refractivity contribution in [1.82, 2.24) is 10.2 Å². The number of hydrogen-bond donors (Lipinski definition) is 1. The number of nitrogens with zero attached hydrogens (tertiary/aromatic N) is 1. The molecule has 0 saturated carbocycles. The zero-order chi connectivity index (χ0) is 17.6. The lowest BCUT2D eigenvalue weighted by molar-refractivity contribution is -0.159. The Kier molecular flexibility index (Phi) is 7.25. The van der Waals surface area contributed by atoms with E-state index in [9.17, 15) is 22.8 Å². The van der Waals surface area contributed by atoms with E-state index in [1.54, 1.807) is 6.92 Å². The summed E-state index contributed by atoms with van der Waals surface area (Å²) in [5.41, 5.74) is 0. The van der Waals surface area contributed by atoms with Gasteiger partial charge in [0.1, 0.15) is 6.04 Å². The van der Waals surface area contributed by atoms with Gasteiger partial charge < -0.3 is 5.32 Å². The number of halogens is 3. The van der Waals surface area contributed by atoms with Gasteiger partial charge in [-0.15, -0.1) is 0 Å². The van der Waals surface area contributed by atoms with Crippen molar-refractivity contribution in [2.75, 3.05) is 6.54 Å². The van der Waals surface area contributed by atoms with E-state index in [2.05, 4.69) is 5.32 Å². The Morgan fingerprint density at radius 1 is 1.04 bits per heavy atom. The molecule has 0 aromatic rings. The van der Waals surface area contributed by atoms with Crippen LogP contribution < -0.4 is 5.32 Å². The predicted octanol–water partition coefficient (Wildman–Crippen LogP) is 3.04. The molecule has 4 nitrogen and oxygen atoms in total. The van der Waals surface area contributed by atoms with Crippen molar-refractivity contribution in [3.05, 3.63) is 12.2 Å². The molecule has 2 amide bonds. The minimum atomic E-state index is -4.27. The van der Waals surface area contributed by atoms with Crippen LogP contribution in [0.3, 0.4) is 0 Å². The first kappa shape index (κ1) is 19.7. The molecule has 2 atom stereocenters. The van der Waals surface area contributed by atoms with Crippen LogP contribution in [0.4, 0.5) is 13.2 Å².